The van der Waals surface area contributed by atoms with Gasteiger partial charge in [-0.3, -0.25) is 4.79 Å². The smallest absolute Gasteiger partial charge is 0.328 e. The Labute approximate surface area is 155 Å². The number of benzene rings is 1. The van der Waals surface area contributed by atoms with E-state index in [0.717, 1.165) is 25.7 Å². The summed E-state index contributed by atoms with van der Waals surface area (Å²) in [6.07, 6.45) is 10.9. The molecule has 0 aliphatic carbocycles. The number of nitrogens with one attached hydrogen (secondary N) is 1. The normalized spacial score (nSPS) is 11.6. The van der Waals surface area contributed by atoms with Gasteiger partial charge in [-0.05, 0) is 38.3 Å². The summed E-state index contributed by atoms with van der Waals surface area (Å²) in [5.41, 5.74) is -0.0831. The molecule has 0 aromatic heterocycles. The highest BCUT2D eigenvalue weighted by Crippen LogP contribution is 2.09. The van der Waals surface area contributed by atoms with E-state index < -0.39 is 23.7 Å². The Kier molecular flexibility index (Phi) is 11.0. The van der Waals surface area contributed by atoms with Gasteiger partial charge in [0, 0.05) is 0 Å². The highest BCUT2D eigenvalue weighted by molar-refractivity contribution is 5.96. The lowest BCUT2D eigenvalue weighted by Gasteiger charge is -2.13. The van der Waals surface area contributed by atoms with Gasteiger partial charge in [0.15, 0.2) is 0 Å². The van der Waals surface area contributed by atoms with Crippen LogP contribution in [0.15, 0.2) is 36.9 Å². The van der Waals surface area contributed by atoms with E-state index in [1.165, 1.54) is 50.8 Å². The van der Waals surface area contributed by atoms with Gasteiger partial charge < -0.3 is 10.1 Å². The maximum absolute atomic E-state index is 13.5. The third-order valence-corrected chi connectivity index (χ3v) is 4.12. The molecule has 26 heavy (non-hydrogen) atoms. The molecule has 0 aliphatic rings. The zero-order chi connectivity index (χ0) is 19.2. The largest absolute Gasteiger partial charge is 0.464 e. The molecular weight excluding hydrogens is 333 g/mol. The summed E-state index contributed by atoms with van der Waals surface area (Å²) in [6.45, 7) is 5.58. The Hall–Kier alpha value is -2.17. The minimum Gasteiger partial charge on any atom is -0.464 e. The van der Waals surface area contributed by atoms with E-state index in [9.17, 15) is 14.0 Å². The molecule has 0 bridgehead atoms. The van der Waals surface area contributed by atoms with Crippen LogP contribution >= 0.6 is 0 Å². The monoisotopic (exact) mass is 363 g/mol. The average molecular weight is 363 g/mol. The van der Waals surface area contributed by atoms with Crippen LogP contribution in [0.3, 0.4) is 0 Å². The Morgan fingerprint density at radius 1 is 1.12 bits per heavy atom. The molecule has 0 spiro atoms. The van der Waals surface area contributed by atoms with Crippen LogP contribution in [-0.4, -0.2) is 24.5 Å². The van der Waals surface area contributed by atoms with Crippen molar-refractivity contribution in [3.05, 3.63) is 48.3 Å². The number of rotatable bonds is 13. The predicted molar refractivity (Wildman–Crippen MR) is 101 cm³/mol. The summed E-state index contributed by atoms with van der Waals surface area (Å²) < 4.78 is 18.7. The standard InChI is InChI=1S/C21H30FNO3/c1-3-4-5-6-7-8-9-10-13-16-26-21(25)17(2)23-20(24)18-14-11-12-15-19(18)22/h3,11-12,14-15,17H,1,4-10,13,16H2,2H3,(H,23,24). The van der Waals surface area contributed by atoms with E-state index >= 15 is 0 Å². The number of halogens is 1. The molecule has 0 heterocycles. The van der Waals surface area contributed by atoms with Gasteiger partial charge in [0.05, 0.1) is 12.2 Å². The molecule has 0 fully saturated rings. The van der Waals surface area contributed by atoms with E-state index in [2.05, 4.69) is 11.9 Å². The molecule has 1 atom stereocenters. The molecule has 0 aliphatic heterocycles. The Morgan fingerprint density at radius 2 is 1.73 bits per heavy atom. The summed E-state index contributed by atoms with van der Waals surface area (Å²) in [7, 11) is 0. The van der Waals surface area contributed by atoms with Crippen molar-refractivity contribution in [3.8, 4) is 0 Å². The fourth-order valence-electron chi connectivity index (χ4n) is 2.55. The first-order valence-corrected chi connectivity index (χ1v) is 9.39. The van der Waals surface area contributed by atoms with Crippen LogP contribution in [-0.2, 0) is 9.53 Å². The number of unbranched alkanes of at least 4 members (excludes halogenated alkanes) is 7. The van der Waals surface area contributed by atoms with Crippen molar-refractivity contribution in [2.45, 2.75) is 64.3 Å². The number of hydrogen-bond acceptors (Lipinski definition) is 3. The molecule has 1 aromatic rings. The first-order chi connectivity index (χ1) is 12.6. The van der Waals surface area contributed by atoms with Crippen molar-refractivity contribution in [1.82, 2.24) is 5.32 Å². The van der Waals surface area contributed by atoms with Crippen molar-refractivity contribution in [3.63, 3.8) is 0 Å². The lowest BCUT2D eigenvalue weighted by molar-refractivity contribution is -0.145. The second-order valence-corrected chi connectivity index (χ2v) is 6.39. The maximum Gasteiger partial charge on any atom is 0.328 e. The number of hydrogen-bond donors (Lipinski definition) is 1. The topological polar surface area (TPSA) is 55.4 Å². The second kappa shape index (κ2) is 13.1. The molecule has 0 radical (unpaired) electrons. The van der Waals surface area contributed by atoms with Gasteiger partial charge in [-0.25, -0.2) is 9.18 Å². The van der Waals surface area contributed by atoms with E-state index in [-0.39, 0.29) is 5.56 Å². The van der Waals surface area contributed by atoms with Gasteiger partial charge in [0.1, 0.15) is 11.9 Å². The molecule has 1 amide bonds. The Bertz CT molecular complexity index is 574. The molecule has 1 N–H and O–H groups in total. The van der Waals surface area contributed by atoms with Crippen molar-refractivity contribution < 1.29 is 18.7 Å². The van der Waals surface area contributed by atoms with Gasteiger partial charge >= 0.3 is 5.97 Å². The Balaban J connectivity index is 2.12. The summed E-state index contributed by atoms with van der Waals surface area (Å²) >= 11 is 0. The van der Waals surface area contributed by atoms with Crippen LogP contribution in [0.5, 0.6) is 0 Å². The average Bonchev–Trinajstić information content (AvgIpc) is 2.63. The van der Waals surface area contributed by atoms with Crippen LogP contribution in [0.4, 0.5) is 4.39 Å². The number of carbonyl (C=O) groups excluding carboxylic acids is 2. The molecular formula is C21H30FNO3. The first kappa shape index (κ1) is 21.9. The van der Waals surface area contributed by atoms with Crippen LogP contribution < -0.4 is 5.32 Å². The van der Waals surface area contributed by atoms with Crippen molar-refractivity contribution in [1.29, 1.82) is 0 Å². The van der Waals surface area contributed by atoms with Gasteiger partial charge in [0.25, 0.3) is 5.91 Å². The van der Waals surface area contributed by atoms with Gasteiger partial charge in [0.2, 0.25) is 0 Å². The minimum absolute atomic E-state index is 0.0831. The van der Waals surface area contributed by atoms with E-state index in [0.29, 0.717) is 6.61 Å². The predicted octanol–water partition coefficient (Wildman–Crippen LogP) is 4.79. The third-order valence-electron chi connectivity index (χ3n) is 4.12. The third kappa shape index (κ3) is 8.79. The van der Waals surface area contributed by atoms with Crippen molar-refractivity contribution in [2.24, 2.45) is 0 Å². The van der Waals surface area contributed by atoms with Crippen LogP contribution in [0, 0.1) is 5.82 Å². The fraction of sp³-hybridized carbons (Fsp3) is 0.524. The van der Waals surface area contributed by atoms with Gasteiger partial charge in [-0.1, -0.05) is 50.3 Å². The molecule has 1 rings (SSSR count). The van der Waals surface area contributed by atoms with Crippen molar-refractivity contribution in [2.75, 3.05) is 6.61 Å². The SMILES string of the molecule is C=CCCCCCCCCCOC(=O)C(C)NC(=O)c1ccccc1F. The van der Waals surface area contributed by atoms with E-state index in [4.69, 9.17) is 4.74 Å². The van der Waals surface area contributed by atoms with Crippen LogP contribution in [0.2, 0.25) is 0 Å². The van der Waals surface area contributed by atoms with E-state index in [1.54, 1.807) is 6.07 Å². The van der Waals surface area contributed by atoms with Gasteiger partial charge in [-0.2, -0.15) is 0 Å². The number of ether oxygens (including phenoxy) is 1. The zero-order valence-corrected chi connectivity index (χ0v) is 15.6. The molecule has 1 unspecified atom stereocenters. The summed E-state index contributed by atoms with van der Waals surface area (Å²) in [6, 6.07) is 4.84. The van der Waals surface area contributed by atoms with E-state index in [1.807, 2.05) is 6.08 Å². The van der Waals surface area contributed by atoms with Crippen LogP contribution in [0.25, 0.3) is 0 Å². The number of allylic oxidation sites excluding steroid dienone is 1. The summed E-state index contributed by atoms with van der Waals surface area (Å²) in [5, 5.41) is 2.46. The first-order valence-electron chi connectivity index (χ1n) is 9.39. The minimum atomic E-state index is -0.813. The number of esters is 1. The van der Waals surface area contributed by atoms with Crippen LogP contribution in [0.1, 0.15) is 68.6 Å². The lowest BCUT2D eigenvalue weighted by atomic mass is 10.1. The highest BCUT2D eigenvalue weighted by atomic mass is 19.1. The quantitative estimate of drug-likeness (QED) is 0.311. The number of carbonyl (C=O) groups is 2. The van der Waals surface area contributed by atoms with Gasteiger partial charge in [-0.15, -0.1) is 6.58 Å². The molecule has 1 aromatic carbocycles. The molecule has 4 nitrogen and oxygen atoms in total. The summed E-state index contributed by atoms with van der Waals surface area (Å²) in [4.78, 5) is 23.9. The Morgan fingerprint density at radius 3 is 2.38 bits per heavy atom. The molecule has 0 saturated heterocycles. The number of amides is 1. The molecule has 0 saturated carbocycles. The van der Waals surface area contributed by atoms with Crippen molar-refractivity contribution >= 4 is 11.9 Å². The highest BCUT2D eigenvalue weighted by Gasteiger charge is 2.19. The maximum atomic E-state index is 13.5. The second-order valence-electron chi connectivity index (χ2n) is 6.39. The fourth-order valence-corrected chi connectivity index (χ4v) is 2.55. The molecule has 144 valence electrons. The lowest BCUT2D eigenvalue weighted by Crippen LogP contribution is -2.40. The summed E-state index contributed by atoms with van der Waals surface area (Å²) in [5.74, 6) is -1.74. The molecule has 5 heteroatoms. The zero-order valence-electron chi connectivity index (χ0n) is 15.6.